The average Bonchev–Trinajstić information content (AvgIpc) is 0.810. The van der Waals surface area contributed by atoms with Crippen LogP contribution >= 0.6 is 0 Å². The monoisotopic (exact) mass is 2010 g/mol. The van der Waals surface area contributed by atoms with Gasteiger partial charge in [-0.2, -0.15) is 0 Å². The summed E-state index contributed by atoms with van der Waals surface area (Å²) in [5.74, 6) is -8.43. The molecule has 0 bridgehead atoms. The fraction of sp³-hybridized carbons (Fsp3) is 0.400. The number of amides is 18. The highest BCUT2D eigenvalue weighted by Gasteiger charge is 2.40. The first-order valence-electron chi connectivity index (χ1n) is 45.6. The Balaban J connectivity index is 0.000000471. The number of anilines is 10. The van der Waals surface area contributed by atoms with Crippen LogP contribution in [0.1, 0.15) is 206 Å². The topological polar surface area (TPSA) is 614 Å². The summed E-state index contributed by atoms with van der Waals surface area (Å²) in [5.41, 5.74) is 7.46. The van der Waals surface area contributed by atoms with Gasteiger partial charge in [0.15, 0.2) is 0 Å². The molecule has 0 aromatic heterocycles. The zero-order valence-electron chi connectivity index (χ0n) is 85.1. The summed E-state index contributed by atoms with van der Waals surface area (Å²) in [6.45, 7) is 30.5. The summed E-state index contributed by atoms with van der Waals surface area (Å²) in [4.78, 5) is 240. The van der Waals surface area contributed by atoms with E-state index in [2.05, 4.69) is 79.8 Å². The number of rotatable bonds is 35. The molecule has 0 aliphatic heterocycles. The molecule has 45 heteroatoms. The van der Waals surface area contributed by atoms with Gasteiger partial charge in [0.25, 0.3) is 23.6 Å². The van der Waals surface area contributed by atoms with Gasteiger partial charge >= 0.3 is 42.7 Å². The minimum absolute atomic E-state index is 0.0931. The van der Waals surface area contributed by atoms with E-state index < -0.39 is 224 Å². The molecule has 0 radical (unpaired) electrons. The summed E-state index contributed by atoms with van der Waals surface area (Å²) in [7, 11) is 0. The van der Waals surface area contributed by atoms with Gasteiger partial charge in [0, 0.05) is 79.1 Å². The number of carbonyl (C=O) groups is 18. The Morgan fingerprint density at radius 3 is 0.614 bits per heavy atom. The second-order valence-corrected chi connectivity index (χ2v) is 39.6. The molecule has 45 nitrogen and oxygen atoms in total. The third-order valence-corrected chi connectivity index (χ3v) is 18.2. The molecule has 0 spiro atoms. The fourth-order valence-corrected chi connectivity index (χ4v) is 12.4. The van der Waals surface area contributed by atoms with Gasteiger partial charge in [-0.1, -0.05) is 18.2 Å². The first-order chi connectivity index (χ1) is 67.3. The van der Waals surface area contributed by atoms with Crippen molar-refractivity contribution >= 4 is 165 Å². The van der Waals surface area contributed by atoms with Crippen molar-refractivity contribution in [2.24, 2.45) is 11.5 Å². The molecule has 0 saturated carbocycles. The van der Waals surface area contributed by atoms with Gasteiger partial charge in [0.2, 0.25) is 41.4 Å². The van der Waals surface area contributed by atoms with Crippen molar-refractivity contribution in [1.29, 1.82) is 0 Å². The lowest BCUT2D eigenvalue weighted by atomic mass is 9.85. The Labute approximate surface area is 840 Å². The maximum atomic E-state index is 14.3. The first kappa shape index (κ1) is 117. The molecule has 0 fully saturated rings. The van der Waals surface area contributed by atoms with Crippen LogP contribution in [0.5, 0.6) is 0 Å². The number of ether oxygens (including phenoxy) is 7. The molecular formula is C100H132N20O25. The highest BCUT2D eigenvalue weighted by atomic mass is 16.6. The minimum Gasteiger partial charge on any atom is -0.444 e. The lowest BCUT2D eigenvalue weighted by Crippen LogP contribution is -2.55. The smallest absolute Gasteiger partial charge is 0.412 e. The van der Waals surface area contributed by atoms with Crippen molar-refractivity contribution in [2.75, 3.05) is 106 Å². The van der Waals surface area contributed by atoms with Gasteiger partial charge in [-0.05, 0) is 297 Å². The predicted octanol–water partition coefficient (Wildman–Crippen LogP) is 13.3. The van der Waals surface area contributed by atoms with E-state index in [-0.39, 0.29) is 39.3 Å². The Kier molecular flexibility index (Phi) is 42.3. The molecule has 7 aromatic carbocycles. The maximum Gasteiger partial charge on any atom is 0.412 e. The van der Waals surface area contributed by atoms with Crippen molar-refractivity contribution in [3.63, 3.8) is 0 Å². The number of hydrogen-bond donors (Lipinski definition) is 17. The lowest BCUT2D eigenvalue weighted by Gasteiger charge is -2.33. The number of nitrogens with two attached hydrogens (primary N) is 2. The largest absolute Gasteiger partial charge is 0.444 e. The third-order valence-electron chi connectivity index (χ3n) is 18.2. The van der Waals surface area contributed by atoms with Gasteiger partial charge in [-0.3, -0.25) is 90.0 Å². The van der Waals surface area contributed by atoms with Gasteiger partial charge < -0.3 is 102 Å². The number of carbonyl (C=O) groups excluding carboxylic acids is 18. The zero-order chi connectivity index (χ0) is 108. The zero-order valence-corrected chi connectivity index (χ0v) is 85.1. The highest BCUT2D eigenvalue weighted by molar-refractivity contribution is 6.03. The maximum absolute atomic E-state index is 14.3. The Bertz CT molecular complexity index is 5180. The van der Waals surface area contributed by atoms with E-state index >= 15 is 0 Å². The first-order valence-corrected chi connectivity index (χ1v) is 45.6. The van der Waals surface area contributed by atoms with E-state index in [0.717, 1.165) is 14.7 Å². The number of nitrogens with one attached hydrogen (secondary N) is 15. The van der Waals surface area contributed by atoms with Crippen LogP contribution in [0.3, 0.4) is 0 Å². The molecule has 7 rings (SSSR count). The van der Waals surface area contributed by atoms with Gasteiger partial charge in [-0.15, -0.1) is 0 Å². The standard InChI is InChI=1S/C58H76N12O15.C42H56N8O10/c1-55(2,3)82-51(78)64-40-21-13-36(14-22-40)47(74)60-32-69(33-61-48(75)37-15-23-41(24-16-37)65-52(79)83-56(4,5)6)45(72)30-68(44(71)29-59)31-46(73)70(34-62-49(76)38-17-25-42(26-18-38)66-53(80)84-57(7,8)9)35-63-50(77)39-19-27-43(28-20-39)67-54(81)85-58(10,11)12;1-39(2,3)58-36(55)47-29-16-10-13-26(19-29)44-32(51)22-42(50-35(54)25-43,23-33(52)45-27-14-11-17-30(20-27)48-37(56)59-40(4,5)6)24-34(53)46-28-15-12-18-31(21-28)49-38(57)60-41(7,8)9/h13-28H,29-35,59H2,1-12H3,(H,60,74)(H,61,75)(H,62,76)(H,63,77)(H,64,78)(H,65,79)(H,66,80)(H,67,81);10-21H,22-25,43H2,1-9H3,(H,44,51)(H,45,52)(H,46,53)(H,47,55)(H,48,56)(H,49,57)(H,50,54). The van der Waals surface area contributed by atoms with Crippen LogP contribution in [0.4, 0.5) is 90.4 Å². The third kappa shape index (κ3) is 46.2. The lowest BCUT2D eigenvalue weighted by molar-refractivity contribution is -0.144. The molecule has 0 aliphatic rings. The summed E-state index contributed by atoms with van der Waals surface area (Å²) < 4.78 is 37.0. The summed E-state index contributed by atoms with van der Waals surface area (Å²) in [6.07, 6.45) is -6.89. The summed E-state index contributed by atoms with van der Waals surface area (Å²) in [5, 5.41) is 39.1. The Hall–Kier alpha value is -16.5. The van der Waals surface area contributed by atoms with Crippen LogP contribution in [-0.4, -0.2) is 220 Å². The van der Waals surface area contributed by atoms with E-state index in [1.54, 1.807) is 200 Å². The molecule has 18 amide bonds. The van der Waals surface area contributed by atoms with Crippen LogP contribution in [0.15, 0.2) is 170 Å². The summed E-state index contributed by atoms with van der Waals surface area (Å²) in [6, 6.07) is 41.2. The van der Waals surface area contributed by atoms with Gasteiger partial charge in [0.05, 0.1) is 64.6 Å². The van der Waals surface area contributed by atoms with Crippen molar-refractivity contribution in [3.05, 3.63) is 192 Å². The molecule has 0 atom stereocenters. The summed E-state index contributed by atoms with van der Waals surface area (Å²) >= 11 is 0. The molecule has 782 valence electrons. The van der Waals surface area contributed by atoms with E-state index in [1.807, 2.05) is 0 Å². The minimum atomic E-state index is -1.88. The molecule has 0 saturated heterocycles. The van der Waals surface area contributed by atoms with Crippen molar-refractivity contribution < 1.29 is 119 Å². The number of nitrogens with zero attached hydrogens (tertiary/aromatic N) is 3. The Morgan fingerprint density at radius 1 is 0.234 bits per heavy atom. The fourth-order valence-electron chi connectivity index (χ4n) is 12.4. The van der Waals surface area contributed by atoms with Crippen LogP contribution in [-0.2, 0) is 66.7 Å². The van der Waals surface area contributed by atoms with E-state index in [1.165, 1.54) is 115 Å². The Morgan fingerprint density at radius 2 is 0.428 bits per heavy atom. The molecule has 145 heavy (non-hydrogen) atoms. The number of benzene rings is 7. The van der Waals surface area contributed by atoms with E-state index in [9.17, 15) is 86.3 Å². The van der Waals surface area contributed by atoms with Crippen LogP contribution in [0.25, 0.3) is 0 Å². The molecule has 0 heterocycles. The molecular weight excluding hydrogens is 1880 g/mol. The van der Waals surface area contributed by atoms with Crippen LogP contribution in [0.2, 0.25) is 0 Å². The van der Waals surface area contributed by atoms with Crippen LogP contribution in [0, 0.1) is 0 Å². The predicted molar refractivity (Wildman–Crippen MR) is 542 cm³/mol. The molecule has 0 unspecified atom stereocenters. The van der Waals surface area contributed by atoms with Gasteiger partial charge in [0.1, 0.15) is 52.3 Å². The SMILES string of the molecule is CC(C)(C)OC(=O)Nc1ccc(C(=O)NCN(CNC(=O)c2ccc(NC(=O)OC(C)(C)C)cc2)C(=O)CN(CC(=O)N(CNC(=O)c2ccc(NC(=O)OC(C)(C)C)cc2)CNC(=O)c2ccc(NC(=O)OC(C)(C)C)cc2)C(=O)CN)cc1.CC(C)(C)OC(=O)Nc1cccc(NC(=O)CC(CC(=O)Nc2cccc(NC(=O)OC(C)(C)C)c2)(CC(=O)Nc2cccc(NC(=O)OC(C)(C)C)c2)NC(=O)CN)c1. The average molecular weight is 2010 g/mol. The second kappa shape index (κ2) is 52.3. The second-order valence-electron chi connectivity index (χ2n) is 39.6. The highest BCUT2D eigenvalue weighted by Crippen LogP contribution is 2.29. The quantitative estimate of drug-likeness (QED) is 0.0130. The normalized spacial score (nSPS) is 11.4. The van der Waals surface area contributed by atoms with Crippen molar-refractivity contribution in [2.45, 2.75) is 209 Å². The van der Waals surface area contributed by atoms with Gasteiger partial charge in [-0.25, -0.2) is 33.6 Å². The molecule has 0 aliphatic carbocycles. The van der Waals surface area contributed by atoms with Crippen molar-refractivity contribution in [1.82, 2.24) is 41.3 Å². The number of hydrogen-bond acceptors (Lipinski definition) is 27. The van der Waals surface area contributed by atoms with Crippen LogP contribution < -0.4 is 91.2 Å². The van der Waals surface area contributed by atoms with E-state index in [4.69, 9.17) is 44.6 Å². The van der Waals surface area contributed by atoms with Crippen molar-refractivity contribution in [3.8, 4) is 0 Å². The van der Waals surface area contributed by atoms with E-state index in [0.29, 0.717) is 39.8 Å². The molecule has 19 N–H and O–H groups in total. The molecule has 7 aromatic rings.